The fraction of sp³-hybridized carbons (Fsp3) is 0.357. The van der Waals surface area contributed by atoms with Crippen LogP contribution in [0.4, 0.5) is 5.88 Å². The van der Waals surface area contributed by atoms with Crippen molar-refractivity contribution in [2.24, 2.45) is 0 Å². The van der Waals surface area contributed by atoms with Gasteiger partial charge in [0.2, 0.25) is 11.8 Å². The minimum atomic E-state index is -0.0743. The average Bonchev–Trinajstić information content (AvgIpc) is 2.78. The Morgan fingerprint density at radius 2 is 2.32 bits per heavy atom. The van der Waals surface area contributed by atoms with E-state index >= 15 is 0 Å². The van der Waals surface area contributed by atoms with Crippen molar-refractivity contribution in [2.75, 3.05) is 5.32 Å². The van der Waals surface area contributed by atoms with Gasteiger partial charge in [-0.15, -0.1) is 0 Å². The van der Waals surface area contributed by atoms with Crippen molar-refractivity contribution >= 4 is 11.8 Å². The topological polar surface area (TPSA) is 68.0 Å². The Balaban J connectivity index is 1.91. The average molecular weight is 259 g/mol. The summed E-state index contributed by atoms with van der Waals surface area (Å²) in [5.41, 5.74) is 2.82. The summed E-state index contributed by atoms with van der Waals surface area (Å²) in [7, 11) is 0. The minimum Gasteiger partial charge on any atom is -0.338 e. The number of hydrogen-bond donors (Lipinski definition) is 1. The molecule has 2 heterocycles. The molecule has 5 nitrogen and oxygen atoms in total. The van der Waals surface area contributed by atoms with Gasteiger partial charge in [0.25, 0.3) is 0 Å². The molecule has 0 unspecified atom stereocenters. The lowest BCUT2D eigenvalue weighted by Crippen LogP contribution is -2.13. The molecule has 0 aliphatic carbocycles. The molecule has 0 saturated heterocycles. The van der Waals surface area contributed by atoms with E-state index in [0.717, 1.165) is 23.2 Å². The van der Waals surface area contributed by atoms with E-state index in [2.05, 4.69) is 15.5 Å². The van der Waals surface area contributed by atoms with Gasteiger partial charge in [0.15, 0.2) is 0 Å². The molecule has 0 bridgehead atoms. The number of aromatic nitrogens is 2. The molecule has 0 spiro atoms. The van der Waals surface area contributed by atoms with Gasteiger partial charge in [-0.3, -0.25) is 15.1 Å². The molecule has 2 aromatic heterocycles. The van der Waals surface area contributed by atoms with Gasteiger partial charge in [-0.05, 0) is 31.4 Å². The van der Waals surface area contributed by atoms with E-state index in [0.29, 0.717) is 18.7 Å². The van der Waals surface area contributed by atoms with Crippen LogP contribution in [0.25, 0.3) is 0 Å². The van der Waals surface area contributed by atoms with Gasteiger partial charge in [-0.25, -0.2) is 0 Å². The number of anilines is 1. The minimum absolute atomic E-state index is 0.0743. The van der Waals surface area contributed by atoms with Crippen LogP contribution < -0.4 is 5.32 Å². The summed E-state index contributed by atoms with van der Waals surface area (Å²) in [6.45, 7) is 3.87. The van der Waals surface area contributed by atoms with E-state index in [9.17, 15) is 4.79 Å². The van der Waals surface area contributed by atoms with Gasteiger partial charge < -0.3 is 4.52 Å². The highest BCUT2D eigenvalue weighted by atomic mass is 16.5. The standard InChI is InChI=1S/C14H17N3O2/c1-3-12-10(2)17-19-14(12)16-13(18)7-6-11-5-4-8-15-9-11/h4-5,8-9H,3,6-7H2,1-2H3,(H,16,18). The van der Waals surface area contributed by atoms with E-state index in [1.165, 1.54) is 0 Å². The third kappa shape index (κ3) is 3.40. The smallest absolute Gasteiger partial charge is 0.234 e. The Morgan fingerprint density at radius 1 is 1.47 bits per heavy atom. The van der Waals surface area contributed by atoms with Gasteiger partial charge in [0.1, 0.15) is 0 Å². The molecular weight excluding hydrogens is 242 g/mol. The quantitative estimate of drug-likeness (QED) is 0.895. The Bertz CT molecular complexity index is 549. The summed E-state index contributed by atoms with van der Waals surface area (Å²) in [5.74, 6) is 0.394. The van der Waals surface area contributed by atoms with Gasteiger partial charge >= 0.3 is 0 Å². The maximum absolute atomic E-state index is 11.8. The van der Waals surface area contributed by atoms with E-state index in [1.54, 1.807) is 12.4 Å². The van der Waals surface area contributed by atoms with E-state index in [1.807, 2.05) is 26.0 Å². The molecule has 19 heavy (non-hydrogen) atoms. The maximum Gasteiger partial charge on any atom is 0.234 e. The number of carbonyl (C=O) groups excluding carboxylic acids is 1. The zero-order chi connectivity index (χ0) is 13.7. The largest absolute Gasteiger partial charge is 0.338 e. The Kier molecular flexibility index (Phi) is 4.28. The third-order valence-corrected chi connectivity index (χ3v) is 2.95. The van der Waals surface area contributed by atoms with Crippen LogP contribution in [0.3, 0.4) is 0 Å². The van der Waals surface area contributed by atoms with Crippen molar-refractivity contribution in [3.05, 3.63) is 41.3 Å². The summed E-state index contributed by atoms with van der Waals surface area (Å²) in [6.07, 6.45) is 5.33. The van der Waals surface area contributed by atoms with Crippen LogP contribution in [-0.2, 0) is 17.6 Å². The van der Waals surface area contributed by atoms with Crippen LogP contribution in [0.5, 0.6) is 0 Å². The first-order valence-electron chi connectivity index (χ1n) is 6.34. The molecule has 0 radical (unpaired) electrons. The highest BCUT2D eigenvalue weighted by Gasteiger charge is 2.13. The molecule has 1 N–H and O–H groups in total. The lowest BCUT2D eigenvalue weighted by molar-refractivity contribution is -0.116. The van der Waals surface area contributed by atoms with Crippen LogP contribution in [0.15, 0.2) is 29.0 Å². The van der Waals surface area contributed by atoms with E-state index in [4.69, 9.17) is 4.52 Å². The van der Waals surface area contributed by atoms with Gasteiger partial charge in [-0.2, -0.15) is 0 Å². The molecule has 0 aliphatic rings. The van der Waals surface area contributed by atoms with Crippen molar-refractivity contribution in [3.63, 3.8) is 0 Å². The van der Waals surface area contributed by atoms with Crippen molar-refractivity contribution < 1.29 is 9.32 Å². The van der Waals surface area contributed by atoms with Crippen LogP contribution in [0.2, 0.25) is 0 Å². The number of pyridine rings is 1. The van der Waals surface area contributed by atoms with E-state index < -0.39 is 0 Å². The molecule has 2 aromatic rings. The molecule has 5 heteroatoms. The van der Waals surface area contributed by atoms with Crippen molar-refractivity contribution in [1.82, 2.24) is 10.1 Å². The molecular formula is C14H17N3O2. The molecule has 2 rings (SSSR count). The second-order valence-corrected chi connectivity index (χ2v) is 4.34. The van der Waals surface area contributed by atoms with Crippen LogP contribution in [0, 0.1) is 6.92 Å². The number of carbonyl (C=O) groups is 1. The number of nitrogens with one attached hydrogen (secondary N) is 1. The molecule has 0 saturated carbocycles. The fourth-order valence-electron chi connectivity index (χ4n) is 1.90. The lowest BCUT2D eigenvalue weighted by Gasteiger charge is -2.03. The number of aryl methyl sites for hydroxylation is 2. The lowest BCUT2D eigenvalue weighted by atomic mass is 10.1. The van der Waals surface area contributed by atoms with Gasteiger partial charge in [-0.1, -0.05) is 18.1 Å². The first kappa shape index (κ1) is 13.3. The first-order chi connectivity index (χ1) is 9.20. The van der Waals surface area contributed by atoms with Crippen LogP contribution >= 0.6 is 0 Å². The predicted molar refractivity (Wildman–Crippen MR) is 71.8 cm³/mol. The summed E-state index contributed by atoms with van der Waals surface area (Å²) in [4.78, 5) is 15.9. The maximum atomic E-state index is 11.8. The zero-order valence-corrected chi connectivity index (χ0v) is 11.1. The Morgan fingerprint density at radius 3 is 3.00 bits per heavy atom. The Hall–Kier alpha value is -2.17. The highest BCUT2D eigenvalue weighted by Crippen LogP contribution is 2.19. The second kappa shape index (κ2) is 6.13. The first-order valence-corrected chi connectivity index (χ1v) is 6.34. The monoisotopic (exact) mass is 259 g/mol. The SMILES string of the molecule is CCc1c(C)noc1NC(=O)CCc1cccnc1. The summed E-state index contributed by atoms with van der Waals surface area (Å²) >= 11 is 0. The van der Waals surface area contributed by atoms with Crippen LogP contribution in [-0.4, -0.2) is 16.0 Å². The van der Waals surface area contributed by atoms with Crippen LogP contribution in [0.1, 0.15) is 30.2 Å². The molecule has 1 amide bonds. The predicted octanol–water partition coefficient (Wildman–Crippen LogP) is 2.51. The molecule has 0 atom stereocenters. The van der Waals surface area contributed by atoms with Gasteiger partial charge in [0, 0.05) is 24.4 Å². The molecule has 0 aliphatic heterocycles. The third-order valence-electron chi connectivity index (χ3n) is 2.95. The molecule has 0 fully saturated rings. The van der Waals surface area contributed by atoms with E-state index in [-0.39, 0.29) is 5.91 Å². The summed E-state index contributed by atoms with van der Waals surface area (Å²) < 4.78 is 5.11. The number of rotatable bonds is 5. The van der Waals surface area contributed by atoms with Crippen molar-refractivity contribution in [1.29, 1.82) is 0 Å². The Labute approximate surface area is 112 Å². The van der Waals surface area contributed by atoms with Crippen molar-refractivity contribution in [2.45, 2.75) is 33.1 Å². The van der Waals surface area contributed by atoms with Crippen molar-refractivity contribution in [3.8, 4) is 0 Å². The number of nitrogens with zero attached hydrogens (tertiary/aromatic N) is 2. The number of hydrogen-bond acceptors (Lipinski definition) is 4. The molecule has 0 aromatic carbocycles. The fourth-order valence-corrected chi connectivity index (χ4v) is 1.90. The van der Waals surface area contributed by atoms with Gasteiger partial charge in [0.05, 0.1) is 5.69 Å². The zero-order valence-electron chi connectivity index (χ0n) is 11.1. The highest BCUT2D eigenvalue weighted by molar-refractivity contribution is 5.90. The summed E-state index contributed by atoms with van der Waals surface area (Å²) in [6, 6.07) is 3.82. The summed E-state index contributed by atoms with van der Waals surface area (Å²) in [5, 5.41) is 6.62. The normalized spacial score (nSPS) is 10.4. The number of amides is 1. The second-order valence-electron chi connectivity index (χ2n) is 4.34. The molecule has 100 valence electrons.